The van der Waals surface area contributed by atoms with Crippen molar-refractivity contribution in [3.05, 3.63) is 23.8 Å². The summed E-state index contributed by atoms with van der Waals surface area (Å²) in [5.74, 6) is 0. The van der Waals surface area contributed by atoms with Crippen LogP contribution in [0.2, 0.25) is 0 Å². The standard InChI is InChI=1S/C7H5F5/c8-5-3-1-2-4(6(5)9)7(10,11)12/h1-3,5-6H. The highest BCUT2D eigenvalue weighted by Crippen LogP contribution is 2.33. The Balaban J connectivity index is 2.90. The Morgan fingerprint density at radius 2 is 1.75 bits per heavy atom. The summed E-state index contributed by atoms with van der Waals surface area (Å²) in [5.41, 5.74) is -1.46. The lowest BCUT2D eigenvalue weighted by molar-refractivity contribution is -0.103. The first-order valence-corrected chi connectivity index (χ1v) is 3.16. The van der Waals surface area contributed by atoms with Gasteiger partial charge in [-0.2, -0.15) is 13.2 Å². The molecule has 2 unspecified atom stereocenters. The van der Waals surface area contributed by atoms with E-state index in [1.54, 1.807) is 0 Å². The molecule has 5 heteroatoms. The van der Waals surface area contributed by atoms with Crippen molar-refractivity contribution in [3.8, 4) is 0 Å². The second kappa shape index (κ2) is 2.88. The summed E-state index contributed by atoms with van der Waals surface area (Å²) >= 11 is 0. The van der Waals surface area contributed by atoms with Crippen molar-refractivity contribution < 1.29 is 22.0 Å². The number of rotatable bonds is 0. The first-order chi connectivity index (χ1) is 5.43. The first-order valence-electron chi connectivity index (χ1n) is 3.16. The number of allylic oxidation sites excluding steroid dienone is 4. The molecule has 0 fully saturated rings. The van der Waals surface area contributed by atoms with Gasteiger partial charge in [0.2, 0.25) is 0 Å². The van der Waals surface area contributed by atoms with Crippen LogP contribution in [0.15, 0.2) is 23.8 Å². The largest absolute Gasteiger partial charge is 0.415 e. The van der Waals surface area contributed by atoms with Gasteiger partial charge in [-0.25, -0.2) is 8.78 Å². The summed E-state index contributed by atoms with van der Waals surface area (Å²) in [5, 5.41) is 0. The van der Waals surface area contributed by atoms with Gasteiger partial charge in [0.25, 0.3) is 0 Å². The molecule has 0 saturated carbocycles. The maximum absolute atomic E-state index is 12.5. The monoisotopic (exact) mass is 184 g/mol. The summed E-state index contributed by atoms with van der Waals surface area (Å²) in [6.45, 7) is 0. The van der Waals surface area contributed by atoms with Crippen molar-refractivity contribution in [2.45, 2.75) is 18.5 Å². The smallest absolute Gasteiger partial charge is 0.239 e. The minimum absolute atomic E-state index is 0.542. The fraction of sp³-hybridized carbons (Fsp3) is 0.429. The highest BCUT2D eigenvalue weighted by Gasteiger charge is 2.42. The van der Waals surface area contributed by atoms with Gasteiger partial charge in [0.1, 0.15) is 0 Å². The highest BCUT2D eigenvalue weighted by atomic mass is 19.4. The number of alkyl halides is 5. The van der Waals surface area contributed by atoms with Crippen LogP contribution in [-0.2, 0) is 0 Å². The lowest BCUT2D eigenvalue weighted by Gasteiger charge is -2.19. The Labute approximate surface area is 65.4 Å². The molecule has 0 spiro atoms. The molecule has 0 aromatic carbocycles. The van der Waals surface area contributed by atoms with Crippen LogP contribution in [0.3, 0.4) is 0 Å². The zero-order valence-corrected chi connectivity index (χ0v) is 5.78. The van der Waals surface area contributed by atoms with Crippen molar-refractivity contribution >= 4 is 0 Å². The number of hydrogen-bond donors (Lipinski definition) is 0. The van der Waals surface area contributed by atoms with Gasteiger partial charge in [0.15, 0.2) is 12.3 Å². The Bertz CT molecular complexity index is 224. The van der Waals surface area contributed by atoms with Crippen molar-refractivity contribution in [2.24, 2.45) is 0 Å². The minimum Gasteiger partial charge on any atom is -0.239 e. The minimum atomic E-state index is -4.78. The van der Waals surface area contributed by atoms with Crippen LogP contribution in [0, 0.1) is 0 Å². The van der Waals surface area contributed by atoms with Gasteiger partial charge in [-0.15, -0.1) is 0 Å². The molecule has 2 atom stereocenters. The summed E-state index contributed by atoms with van der Waals surface area (Å²) in [6.07, 6.45) is -7.40. The average Bonchev–Trinajstić information content (AvgIpc) is 1.92. The maximum Gasteiger partial charge on any atom is 0.415 e. The summed E-state index contributed by atoms with van der Waals surface area (Å²) in [7, 11) is 0. The lowest BCUT2D eigenvalue weighted by Crippen LogP contribution is -2.29. The molecule has 0 radical (unpaired) electrons. The van der Waals surface area contributed by atoms with E-state index < -0.39 is 24.1 Å². The van der Waals surface area contributed by atoms with Crippen molar-refractivity contribution in [1.29, 1.82) is 0 Å². The molecule has 12 heavy (non-hydrogen) atoms. The van der Waals surface area contributed by atoms with Crippen molar-refractivity contribution in [2.75, 3.05) is 0 Å². The van der Waals surface area contributed by atoms with Gasteiger partial charge >= 0.3 is 6.18 Å². The molecular formula is C7H5F5. The van der Waals surface area contributed by atoms with E-state index in [1.165, 1.54) is 0 Å². The molecule has 0 aliphatic heterocycles. The van der Waals surface area contributed by atoms with Crippen molar-refractivity contribution in [3.63, 3.8) is 0 Å². The second-order valence-corrected chi connectivity index (χ2v) is 2.35. The molecule has 0 bridgehead atoms. The zero-order valence-electron chi connectivity index (χ0n) is 5.78. The van der Waals surface area contributed by atoms with Crippen LogP contribution in [0.4, 0.5) is 22.0 Å². The molecule has 1 aliphatic carbocycles. The van der Waals surface area contributed by atoms with Crippen LogP contribution >= 0.6 is 0 Å². The summed E-state index contributed by atoms with van der Waals surface area (Å²) < 4.78 is 60.4. The van der Waals surface area contributed by atoms with Gasteiger partial charge < -0.3 is 0 Å². The third kappa shape index (κ3) is 1.65. The molecule has 0 heterocycles. The number of hydrogen-bond acceptors (Lipinski definition) is 0. The quantitative estimate of drug-likeness (QED) is 0.508. The van der Waals surface area contributed by atoms with Crippen LogP contribution < -0.4 is 0 Å². The van der Waals surface area contributed by atoms with Crippen LogP contribution in [0.1, 0.15) is 0 Å². The van der Waals surface area contributed by atoms with Crippen LogP contribution in [0.5, 0.6) is 0 Å². The summed E-state index contributed by atoms with van der Waals surface area (Å²) in [4.78, 5) is 0. The predicted octanol–water partition coefficient (Wildman–Crippen LogP) is 2.72. The molecule has 0 aromatic heterocycles. The number of halogens is 5. The first kappa shape index (κ1) is 9.22. The predicted molar refractivity (Wildman–Crippen MR) is 33.1 cm³/mol. The van der Waals surface area contributed by atoms with Gasteiger partial charge in [-0.1, -0.05) is 12.2 Å². The van der Waals surface area contributed by atoms with Crippen LogP contribution in [-0.4, -0.2) is 18.5 Å². The Kier molecular flexibility index (Phi) is 2.21. The molecule has 1 aliphatic rings. The average molecular weight is 184 g/mol. The van der Waals surface area contributed by atoms with Crippen LogP contribution in [0.25, 0.3) is 0 Å². The molecule has 0 aromatic rings. The van der Waals surface area contributed by atoms with E-state index in [0.29, 0.717) is 6.08 Å². The fourth-order valence-electron chi connectivity index (χ4n) is 0.877. The lowest BCUT2D eigenvalue weighted by atomic mass is 10.0. The van der Waals surface area contributed by atoms with E-state index in [-0.39, 0.29) is 0 Å². The fourth-order valence-corrected chi connectivity index (χ4v) is 0.877. The molecule has 0 saturated heterocycles. The maximum atomic E-state index is 12.5. The highest BCUT2D eigenvalue weighted by molar-refractivity contribution is 5.28. The SMILES string of the molecule is FC1C=CC=C(C(F)(F)F)C1F. The van der Waals surface area contributed by atoms with E-state index in [9.17, 15) is 22.0 Å². The van der Waals surface area contributed by atoms with E-state index in [4.69, 9.17) is 0 Å². The molecule has 0 amide bonds. The van der Waals surface area contributed by atoms with E-state index >= 15 is 0 Å². The third-order valence-electron chi connectivity index (χ3n) is 1.47. The molecular weight excluding hydrogens is 179 g/mol. The van der Waals surface area contributed by atoms with Gasteiger partial charge in [-0.3, -0.25) is 0 Å². The van der Waals surface area contributed by atoms with E-state index in [1.807, 2.05) is 0 Å². The topological polar surface area (TPSA) is 0 Å². The van der Waals surface area contributed by atoms with E-state index in [2.05, 4.69) is 0 Å². The Morgan fingerprint density at radius 3 is 2.17 bits per heavy atom. The normalized spacial score (nSPS) is 30.2. The van der Waals surface area contributed by atoms with E-state index in [0.717, 1.165) is 12.2 Å². The molecule has 0 nitrogen and oxygen atoms in total. The molecule has 0 N–H and O–H groups in total. The molecule has 68 valence electrons. The molecule has 1 rings (SSSR count). The van der Waals surface area contributed by atoms with Crippen molar-refractivity contribution in [1.82, 2.24) is 0 Å². The van der Waals surface area contributed by atoms with Gasteiger partial charge in [0.05, 0.1) is 5.57 Å². The van der Waals surface area contributed by atoms with Gasteiger partial charge in [0, 0.05) is 0 Å². The summed E-state index contributed by atoms with van der Waals surface area (Å²) in [6, 6.07) is 0. The Hall–Kier alpha value is -0.870. The second-order valence-electron chi connectivity index (χ2n) is 2.35. The third-order valence-corrected chi connectivity index (χ3v) is 1.47. The van der Waals surface area contributed by atoms with Gasteiger partial charge in [-0.05, 0) is 6.08 Å². The zero-order chi connectivity index (χ0) is 9.35. The Morgan fingerprint density at radius 1 is 1.17 bits per heavy atom.